The number of aryl methyl sites for hydroxylation is 1. The van der Waals surface area contributed by atoms with Gasteiger partial charge in [0.2, 0.25) is 0 Å². The summed E-state index contributed by atoms with van der Waals surface area (Å²) in [5, 5.41) is 15.5. The van der Waals surface area contributed by atoms with Crippen LogP contribution in [0.25, 0.3) is 0 Å². The Morgan fingerprint density at radius 2 is 2.22 bits per heavy atom. The molecule has 0 aliphatic carbocycles. The van der Waals surface area contributed by atoms with E-state index in [4.69, 9.17) is 4.74 Å². The summed E-state index contributed by atoms with van der Waals surface area (Å²) < 4.78 is 22.2. The van der Waals surface area contributed by atoms with Crippen molar-refractivity contribution in [2.45, 2.75) is 19.4 Å². The van der Waals surface area contributed by atoms with Crippen LogP contribution >= 0.6 is 11.5 Å². The molecule has 1 aromatic carbocycles. The van der Waals surface area contributed by atoms with Gasteiger partial charge in [-0.25, -0.2) is 9.18 Å². The Morgan fingerprint density at radius 3 is 2.78 bits per heavy atom. The number of nitrogens with one attached hydrogen (secondary N) is 1. The SMILES string of the molecule is CCc1nnsc1C(=O)NC(C(=O)O)c1ccc(OC)c(F)c1. The molecule has 2 N–H and O–H groups in total. The Bertz CT molecular complexity index is 735. The highest BCUT2D eigenvalue weighted by Gasteiger charge is 2.26. The number of ether oxygens (including phenoxy) is 1. The van der Waals surface area contributed by atoms with E-state index in [2.05, 4.69) is 14.9 Å². The van der Waals surface area contributed by atoms with Crippen LogP contribution in [0.15, 0.2) is 18.2 Å². The van der Waals surface area contributed by atoms with E-state index in [1.54, 1.807) is 6.92 Å². The van der Waals surface area contributed by atoms with Crippen LogP contribution < -0.4 is 10.1 Å². The second-order valence-electron chi connectivity index (χ2n) is 4.54. The molecule has 0 radical (unpaired) electrons. The summed E-state index contributed by atoms with van der Waals surface area (Å²) in [4.78, 5) is 23.9. The summed E-state index contributed by atoms with van der Waals surface area (Å²) in [5.41, 5.74) is 0.581. The van der Waals surface area contributed by atoms with E-state index in [-0.39, 0.29) is 16.2 Å². The Kier molecular flexibility index (Phi) is 5.22. The summed E-state index contributed by atoms with van der Waals surface area (Å²) >= 11 is 0.880. The van der Waals surface area contributed by atoms with Crippen molar-refractivity contribution >= 4 is 23.4 Å². The summed E-state index contributed by atoms with van der Waals surface area (Å²) in [7, 11) is 1.30. The van der Waals surface area contributed by atoms with E-state index in [9.17, 15) is 19.1 Å². The third kappa shape index (κ3) is 3.62. The van der Waals surface area contributed by atoms with E-state index in [1.807, 2.05) is 0 Å². The predicted molar refractivity (Wildman–Crippen MR) is 80.1 cm³/mol. The lowest BCUT2D eigenvalue weighted by Crippen LogP contribution is -2.33. The van der Waals surface area contributed by atoms with Crippen molar-refractivity contribution in [1.29, 1.82) is 0 Å². The first-order valence-electron chi connectivity index (χ1n) is 6.66. The van der Waals surface area contributed by atoms with Gasteiger partial charge in [0.15, 0.2) is 17.6 Å². The van der Waals surface area contributed by atoms with Crippen LogP contribution in [-0.4, -0.2) is 33.7 Å². The first-order valence-corrected chi connectivity index (χ1v) is 7.43. The number of carbonyl (C=O) groups is 2. The zero-order valence-electron chi connectivity index (χ0n) is 12.4. The topological polar surface area (TPSA) is 101 Å². The minimum Gasteiger partial charge on any atom is -0.494 e. The Hall–Kier alpha value is -2.55. The molecule has 0 aliphatic rings. The molecule has 0 saturated heterocycles. The minimum absolute atomic E-state index is 0.0101. The highest BCUT2D eigenvalue weighted by Crippen LogP contribution is 2.23. The second-order valence-corrected chi connectivity index (χ2v) is 5.30. The fourth-order valence-electron chi connectivity index (χ4n) is 1.96. The van der Waals surface area contributed by atoms with E-state index in [0.29, 0.717) is 12.1 Å². The monoisotopic (exact) mass is 339 g/mol. The molecule has 1 aromatic heterocycles. The van der Waals surface area contributed by atoms with Gasteiger partial charge in [0.25, 0.3) is 5.91 Å². The molecule has 1 unspecified atom stereocenters. The van der Waals surface area contributed by atoms with Gasteiger partial charge in [0, 0.05) is 0 Å². The molecule has 1 amide bonds. The van der Waals surface area contributed by atoms with Crippen molar-refractivity contribution in [1.82, 2.24) is 14.9 Å². The van der Waals surface area contributed by atoms with E-state index in [1.165, 1.54) is 19.2 Å². The van der Waals surface area contributed by atoms with Crippen LogP contribution in [0.1, 0.15) is 33.9 Å². The fourth-order valence-corrected chi connectivity index (χ4v) is 2.61. The van der Waals surface area contributed by atoms with Crippen molar-refractivity contribution < 1.29 is 23.8 Å². The van der Waals surface area contributed by atoms with Gasteiger partial charge in [-0.1, -0.05) is 17.5 Å². The molecule has 23 heavy (non-hydrogen) atoms. The quantitative estimate of drug-likeness (QED) is 0.832. The van der Waals surface area contributed by atoms with E-state index >= 15 is 0 Å². The first kappa shape index (κ1) is 16.8. The van der Waals surface area contributed by atoms with Gasteiger partial charge in [0.05, 0.1) is 12.8 Å². The van der Waals surface area contributed by atoms with Crippen LogP contribution in [0.2, 0.25) is 0 Å². The Balaban J connectivity index is 2.27. The van der Waals surface area contributed by atoms with Crippen molar-refractivity contribution in [3.63, 3.8) is 0 Å². The summed E-state index contributed by atoms with van der Waals surface area (Å²) in [6, 6.07) is 2.31. The van der Waals surface area contributed by atoms with Crippen LogP contribution in [0.5, 0.6) is 5.75 Å². The largest absolute Gasteiger partial charge is 0.494 e. The van der Waals surface area contributed by atoms with Crippen LogP contribution in [0.3, 0.4) is 0 Å². The first-order chi connectivity index (χ1) is 11.0. The van der Waals surface area contributed by atoms with Crippen molar-refractivity contribution in [2.24, 2.45) is 0 Å². The number of halogens is 1. The zero-order chi connectivity index (χ0) is 17.0. The summed E-state index contributed by atoms with van der Waals surface area (Å²) in [5.74, 6) is -2.64. The molecule has 0 spiro atoms. The zero-order valence-corrected chi connectivity index (χ0v) is 13.2. The molecule has 7 nitrogen and oxygen atoms in total. The molecule has 1 atom stereocenters. The third-order valence-electron chi connectivity index (χ3n) is 3.13. The number of rotatable bonds is 6. The third-order valence-corrected chi connectivity index (χ3v) is 3.90. The Morgan fingerprint density at radius 1 is 1.48 bits per heavy atom. The average Bonchev–Trinajstić information content (AvgIpc) is 3.00. The molecule has 0 bridgehead atoms. The second kappa shape index (κ2) is 7.14. The van der Waals surface area contributed by atoms with Gasteiger partial charge in [-0.2, -0.15) is 0 Å². The van der Waals surface area contributed by atoms with Gasteiger partial charge >= 0.3 is 5.97 Å². The standard InChI is InChI=1S/C14H14FN3O4S/c1-3-9-12(23-18-17-9)13(19)16-11(14(20)21)7-4-5-10(22-2)8(15)6-7/h4-6,11H,3H2,1-2H3,(H,16,19)(H,20,21). The molecule has 9 heteroatoms. The fraction of sp³-hybridized carbons (Fsp3) is 0.286. The van der Waals surface area contributed by atoms with E-state index < -0.39 is 23.7 Å². The van der Waals surface area contributed by atoms with Crippen LogP contribution in [-0.2, 0) is 11.2 Å². The molecule has 1 heterocycles. The highest BCUT2D eigenvalue weighted by molar-refractivity contribution is 7.08. The number of carboxylic acid groups (broad SMARTS) is 1. The van der Waals surface area contributed by atoms with Crippen molar-refractivity contribution in [3.05, 3.63) is 40.2 Å². The normalized spacial score (nSPS) is 11.8. The number of amides is 1. The number of nitrogens with zero attached hydrogens (tertiary/aromatic N) is 2. The number of benzene rings is 1. The van der Waals surface area contributed by atoms with Gasteiger partial charge in [-0.05, 0) is 35.6 Å². The van der Waals surface area contributed by atoms with Gasteiger partial charge in [-0.15, -0.1) is 5.10 Å². The maximum atomic E-state index is 13.8. The van der Waals surface area contributed by atoms with E-state index in [0.717, 1.165) is 17.6 Å². The number of carbonyl (C=O) groups excluding carboxylic acids is 1. The number of carboxylic acids is 1. The lowest BCUT2D eigenvalue weighted by Gasteiger charge is -2.15. The van der Waals surface area contributed by atoms with Gasteiger partial charge in [-0.3, -0.25) is 4.79 Å². The molecule has 0 aliphatic heterocycles. The maximum absolute atomic E-state index is 13.8. The number of hydrogen-bond donors (Lipinski definition) is 2. The summed E-state index contributed by atoms with van der Waals surface area (Å²) in [6.45, 7) is 1.81. The molecule has 122 valence electrons. The molecule has 0 fully saturated rings. The Labute approximate surface area is 135 Å². The number of aliphatic carboxylic acids is 1. The lowest BCUT2D eigenvalue weighted by molar-refractivity contribution is -0.139. The van der Waals surface area contributed by atoms with Crippen molar-refractivity contribution in [2.75, 3.05) is 7.11 Å². The summed E-state index contributed by atoms with van der Waals surface area (Å²) in [6.07, 6.45) is 0.494. The smallest absolute Gasteiger partial charge is 0.330 e. The number of methoxy groups -OCH3 is 1. The lowest BCUT2D eigenvalue weighted by atomic mass is 10.1. The molecular weight excluding hydrogens is 325 g/mol. The minimum atomic E-state index is -1.39. The predicted octanol–water partition coefficient (Wildman–Crippen LogP) is 1.80. The number of aromatic nitrogens is 2. The number of hydrogen-bond acceptors (Lipinski definition) is 6. The molecular formula is C14H14FN3O4S. The van der Waals surface area contributed by atoms with Gasteiger partial charge in [0.1, 0.15) is 4.88 Å². The average molecular weight is 339 g/mol. The maximum Gasteiger partial charge on any atom is 0.330 e. The van der Waals surface area contributed by atoms with Crippen molar-refractivity contribution in [3.8, 4) is 5.75 Å². The molecule has 2 aromatic rings. The molecule has 2 rings (SSSR count). The van der Waals surface area contributed by atoms with Crippen LogP contribution in [0, 0.1) is 5.82 Å². The van der Waals surface area contributed by atoms with Crippen LogP contribution in [0.4, 0.5) is 4.39 Å². The molecule has 0 saturated carbocycles. The van der Waals surface area contributed by atoms with Gasteiger partial charge < -0.3 is 15.2 Å². The highest BCUT2D eigenvalue weighted by atomic mass is 32.1.